The number of aromatic nitrogens is 3. The highest BCUT2D eigenvalue weighted by atomic mass is 16.5. The first-order chi connectivity index (χ1) is 13.6. The van der Waals surface area contributed by atoms with E-state index in [1.807, 2.05) is 30.3 Å². The van der Waals surface area contributed by atoms with Gasteiger partial charge in [-0.05, 0) is 57.2 Å². The average Bonchev–Trinajstić information content (AvgIpc) is 3.17. The summed E-state index contributed by atoms with van der Waals surface area (Å²) in [6.45, 7) is 2.64. The first kappa shape index (κ1) is 19.8. The van der Waals surface area contributed by atoms with Gasteiger partial charge in [0.2, 0.25) is 0 Å². The Hall–Kier alpha value is -2.93. The topological polar surface area (TPSA) is 71.8 Å². The Morgan fingerprint density at radius 3 is 2.36 bits per heavy atom. The fourth-order valence-electron chi connectivity index (χ4n) is 3.19. The van der Waals surface area contributed by atoms with Gasteiger partial charge in [0.15, 0.2) is 11.9 Å². The molecule has 7 nitrogen and oxygen atoms in total. The van der Waals surface area contributed by atoms with Gasteiger partial charge in [-0.15, -0.1) is 0 Å². The van der Waals surface area contributed by atoms with Gasteiger partial charge in [0.05, 0.1) is 12.8 Å². The third-order valence-corrected chi connectivity index (χ3v) is 4.79. The number of carbonyl (C=O) groups is 1. The molecule has 3 aromatic rings. The number of carbonyl (C=O) groups excluding carboxylic acids is 1. The van der Waals surface area contributed by atoms with Crippen molar-refractivity contribution in [2.24, 2.45) is 0 Å². The lowest BCUT2D eigenvalue weighted by atomic mass is 10.1. The summed E-state index contributed by atoms with van der Waals surface area (Å²) in [4.78, 5) is 17.8. The van der Waals surface area contributed by atoms with Crippen LogP contribution < -0.4 is 10.1 Å². The van der Waals surface area contributed by atoms with Crippen LogP contribution in [0.15, 0.2) is 36.4 Å². The molecule has 3 heterocycles. The van der Waals surface area contributed by atoms with Crippen LogP contribution in [0.3, 0.4) is 0 Å². The smallest absolute Gasteiger partial charge is 0.170 e. The highest BCUT2D eigenvalue weighted by molar-refractivity contribution is 5.76. The summed E-state index contributed by atoms with van der Waals surface area (Å²) in [6, 6.07) is 11.2. The highest BCUT2D eigenvalue weighted by Gasteiger charge is 2.10. The molecule has 1 aliphatic rings. The van der Waals surface area contributed by atoms with Crippen LogP contribution in [-0.2, 0) is 0 Å². The Kier molecular flexibility index (Phi) is 6.60. The predicted molar refractivity (Wildman–Crippen MR) is 111 cm³/mol. The molecule has 1 aliphatic heterocycles. The normalized spacial score (nSPS) is 14.2. The Bertz CT molecular complexity index is 914. The van der Waals surface area contributed by atoms with E-state index in [2.05, 4.69) is 27.3 Å². The maximum atomic E-state index is 10.9. The molecule has 0 radical (unpaired) electrons. The molecule has 1 saturated heterocycles. The molecule has 1 aromatic carbocycles. The van der Waals surface area contributed by atoms with Crippen molar-refractivity contribution in [2.45, 2.75) is 19.3 Å². The van der Waals surface area contributed by atoms with Crippen molar-refractivity contribution in [3.05, 3.63) is 42.1 Å². The van der Waals surface area contributed by atoms with Crippen LogP contribution in [0.25, 0.3) is 16.9 Å². The van der Waals surface area contributed by atoms with Gasteiger partial charge in [0.25, 0.3) is 0 Å². The van der Waals surface area contributed by atoms with Gasteiger partial charge in [-0.25, -0.2) is 4.98 Å². The van der Waals surface area contributed by atoms with Crippen LogP contribution in [-0.4, -0.2) is 60.1 Å². The standard InChI is InChI=1S/C15H14N4O2.C6H13N/c1-16-14-8-13(10-3-5-12(21-2)6-4-10)17-15-7-11(9-20)18-19(14)15;1-7-5-3-2-4-6-7/h3-9,16H,1-2H3;2-6H2,1H3. The molecule has 1 fully saturated rings. The molecule has 0 aliphatic carbocycles. The number of nitrogens with zero attached hydrogens (tertiary/aromatic N) is 4. The molecule has 0 spiro atoms. The monoisotopic (exact) mass is 381 g/mol. The second kappa shape index (κ2) is 9.32. The number of piperidine rings is 1. The summed E-state index contributed by atoms with van der Waals surface area (Å²) >= 11 is 0. The van der Waals surface area contributed by atoms with Gasteiger partial charge in [0, 0.05) is 24.7 Å². The molecular formula is C21H27N5O2. The Labute approximate surface area is 165 Å². The van der Waals surface area contributed by atoms with E-state index >= 15 is 0 Å². The number of rotatable bonds is 4. The van der Waals surface area contributed by atoms with E-state index in [1.165, 1.54) is 32.4 Å². The summed E-state index contributed by atoms with van der Waals surface area (Å²) in [5, 5.41) is 7.23. The minimum atomic E-state index is 0.353. The summed E-state index contributed by atoms with van der Waals surface area (Å²) in [5.74, 6) is 1.56. The highest BCUT2D eigenvalue weighted by Crippen LogP contribution is 2.24. The fraction of sp³-hybridized carbons (Fsp3) is 0.381. The number of ether oxygens (including phenoxy) is 1. The van der Waals surface area contributed by atoms with Crippen molar-refractivity contribution in [1.29, 1.82) is 0 Å². The minimum Gasteiger partial charge on any atom is -0.497 e. The third kappa shape index (κ3) is 4.67. The SMILES string of the molecule is CN1CCCCC1.CNc1cc(-c2ccc(OC)cc2)nc2cc(C=O)nn12. The van der Waals surface area contributed by atoms with Crippen LogP contribution in [0, 0.1) is 0 Å². The quantitative estimate of drug-likeness (QED) is 0.699. The minimum absolute atomic E-state index is 0.353. The number of anilines is 1. The van der Waals surface area contributed by atoms with Crippen molar-refractivity contribution in [2.75, 3.05) is 39.6 Å². The van der Waals surface area contributed by atoms with Gasteiger partial charge in [-0.1, -0.05) is 6.42 Å². The van der Waals surface area contributed by atoms with Crippen LogP contribution >= 0.6 is 0 Å². The first-order valence-corrected chi connectivity index (χ1v) is 9.51. The van der Waals surface area contributed by atoms with Crippen LogP contribution in [0.5, 0.6) is 5.75 Å². The summed E-state index contributed by atoms with van der Waals surface area (Å²) in [6.07, 6.45) is 4.98. The Morgan fingerprint density at radius 1 is 1.11 bits per heavy atom. The van der Waals surface area contributed by atoms with E-state index < -0.39 is 0 Å². The summed E-state index contributed by atoms with van der Waals surface area (Å²) < 4.78 is 6.76. The lowest BCUT2D eigenvalue weighted by Crippen LogP contribution is -2.24. The fourth-order valence-corrected chi connectivity index (χ4v) is 3.19. The van der Waals surface area contributed by atoms with Crippen molar-refractivity contribution in [3.8, 4) is 17.0 Å². The molecule has 0 unspecified atom stereocenters. The summed E-state index contributed by atoms with van der Waals surface area (Å²) in [5.41, 5.74) is 2.73. The summed E-state index contributed by atoms with van der Waals surface area (Å²) in [7, 11) is 5.62. The van der Waals surface area contributed by atoms with E-state index in [-0.39, 0.29) is 0 Å². The van der Waals surface area contributed by atoms with Crippen molar-refractivity contribution in [3.63, 3.8) is 0 Å². The number of benzene rings is 1. The van der Waals surface area contributed by atoms with Crippen molar-refractivity contribution >= 4 is 17.8 Å². The molecule has 0 atom stereocenters. The molecule has 28 heavy (non-hydrogen) atoms. The third-order valence-electron chi connectivity index (χ3n) is 4.79. The van der Waals surface area contributed by atoms with Gasteiger partial charge < -0.3 is 15.0 Å². The van der Waals surface area contributed by atoms with E-state index in [9.17, 15) is 4.79 Å². The van der Waals surface area contributed by atoms with Gasteiger partial charge in [-0.2, -0.15) is 9.61 Å². The van der Waals surface area contributed by atoms with Gasteiger partial charge in [0.1, 0.15) is 17.3 Å². The number of hydrogen-bond donors (Lipinski definition) is 1. The van der Waals surface area contributed by atoms with Crippen LogP contribution in [0.1, 0.15) is 29.8 Å². The predicted octanol–water partition coefficient (Wildman–Crippen LogP) is 3.36. The van der Waals surface area contributed by atoms with Crippen molar-refractivity contribution in [1.82, 2.24) is 19.5 Å². The van der Waals surface area contributed by atoms with E-state index in [0.717, 1.165) is 22.8 Å². The van der Waals surface area contributed by atoms with E-state index in [4.69, 9.17) is 4.74 Å². The number of methoxy groups -OCH3 is 1. The maximum Gasteiger partial charge on any atom is 0.170 e. The van der Waals surface area contributed by atoms with Crippen molar-refractivity contribution < 1.29 is 9.53 Å². The van der Waals surface area contributed by atoms with Crippen LogP contribution in [0.4, 0.5) is 5.82 Å². The second-order valence-corrected chi connectivity index (χ2v) is 6.83. The first-order valence-electron chi connectivity index (χ1n) is 9.51. The molecule has 0 saturated carbocycles. The molecule has 2 aromatic heterocycles. The van der Waals surface area contributed by atoms with Gasteiger partial charge in [-0.3, -0.25) is 4.79 Å². The Balaban J connectivity index is 0.000000271. The molecule has 0 amide bonds. The molecule has 7 heteroatoms. The van der Waals surface area contributed by atoms with E-state index in [0.29, 0.717) is 17.6 Å². The molecule has 148 valence electrons. The number of fused-ring (bicyclic) bond motifs is 1. The maximum absolute atomic E-state index is 10.9. The second-order valence-electron chi connectivity index (χ2n) is 6.83. The Morgan fingerprint density at radius 2 is 1.82 bits per heavy atom. The molecule has 0 bridgehead atoms. The zero-order valence-corrected chi connectivity index (χ0v) is 16.7. The van der Waals surface area contributed by atoms with Crippen LogP contribution in [0.2, 0.25) is 0 Å². The number of nitrogens with one attached hydrogen (secondary N) is 1. The zero-order valence-electron chi connectivity index (χ0n) is 16.7. The lowest BCUT2D eigenvalue weighted by Gasteiger charge is -2.20. The largest absolute Gasteiger partial charge is 0.497 e. The van der Waals surface area contributed by atoms with Gasteiger partial charge >= 0.3 is 0 Å². The zero-order chi connectivity index (χ0) is 19.9. The molecule has 4 rings (SSSR count). The van der Waals surface area contributed by atoms with E-state index in [1.54, 1.807) is 24.7 Å². The number of likely N-dealkylation sites (tertiary alicyclic amines) is 1. The lowest BCUT2D eigenvalue weighted by molar-refractivity contribution is 0.111. The number of hydrogen-bond acceptors (Lipinski definition) is 6. The molecule has 1 N–H and O–H groups in total. The molecular weight excluding hydrogens is 354 g/mol. The number of aldehydes is 1. The average molecular weight is 381 g/mol.